The summed E-state index contributed by atoms with van der Waals surface area (Å²) in [6.45, 7) is 3.23. The van der Waals surface area contributed by atoms with Crippen LogP contribution in [0, 0.1) is 0 Å². The zero-order valence-corrected chi connectivity index (χ0v) is 16.7. The van der Waals surface area contributed by atoms with Gasteiger partial charge in [-0.25, -0.2) is 4.98 Å². The summed E-state index contributed by atoms with van der Waals surface area (Å²) in [5.41, 5.74) is 0.625. The number of rotatable bonds is 2. The van der Waals surface area contributed by atoms with Gasteiger partial charge in [0.05, 0.1) is 10.7 Å². The fourth-order valence-electron chi connectivity index (χ4n) is 3.34. The summed E-state index contributed by atoms with van der Waals surface area (Å²) in [6.07, 6.45) is 0. The molecule has 0 aliphatic carbocycles. The van der Waals surface area contributed by atoms with Gasteiger partial charge in [0.2, 0.25) is 0 Å². The first-order chi connectivity index (χ1) is 13.1. The molecule has 4 heterocycles. The normalized spacial score (nSPS) is 16.7. The molecule has 0 fully saturated rings. The zero-order chi connectivity index (χ0) is 18.5. The number of fused-ring (bicyclic) bond motifs is 2. The van der Waals surface area contributed by atoms with Gasteiger partial charge < -0.3 is 9.47 Å². The van der Waals surface area contributed by atoms with E-state index in [4.69, 9.17) is 11.6 Å². The number of nitrogens with zero attached hydrogens (tertiary/aromatic N) is 5. The number of aromatic nitrogens is 4. The molecule has 1 aliphatic heterocycles. The van der Waals surface area contributed by atoms with Crippen molar-refractivity contribution in [2.75, 3.05) is 6.54 Å². The largest absolute Gasteiger partial charge is 0.327 e. The number of carbonyl (C=O) groups is 1. The number of halogens is 1. The van der Waals surface area contributed by atoms with Crippen LogP contribution in [0.1, 0.15) is 29.1 Å². The van der Waals surface area contributed by atoms with E-state index in [-0.39, 0.29) is 11.9 Å². The topological polar surface area (TPSA) is 63.9 Å². The Morgan fingerprint density at radius 2 is 2.00 bits per heavy atom. The first kappa shape index (κ1) is 16.9. The van der Waals surface area contributed by atoms with Crippen LogP contribution in [-0.2, 0) is 6.54 Å². The van der Waals surface area contributed by atoms with Crippen molar-refractivity contribution in [1.82, 2.24) is 24.6 Å². The van der Waals surface area contributed by atoms with Crippen molar-refractivity contribution < 1.29 is 4.79 Å². The molecule has 136 valence electrons. The van der Waals surface area contributed by atoms with Gasteiger partial charge in [0, 0.05) is 23.7 Å². The smallest absolute Gasteiger partial charge is 0.254 e. The van der Waals surface area contributed by atoms with Crippen LogP contribution in [0.15, 0.2) is 35.7 Å². The van der Waals surface area contributed by atoms with E-state index in [0.29, 0.717) is 23.7 Å². The van der Waals surface area contributed by atoms with Crippen molar-refractivity contribution in [2.24, 2.45) is 0 Å². The number of carbonyl (C=O) groups excluding carboxylic acids is 1. The molecule has 6 nitrogen and oxygen atoms in total. The molecule has 0 spiro atoms. The van der Waals surface area contributed by atoms with Gasteiger partial charge in [-0.05, 0) is 42.6 Å². The Bertz CT molecular complexity index is 1120. The summed E-state index contributed by atoms with van der Waals surface area (Å²) < 4.78 is 3.24. The molecule has 1 unspecified atom stereocenters. The van der Waals surface area contributed by atoms with Crippen molar-refractivity contribution in [3.63, 3.8) is 0 Å². The highest BCUT2D eigenvalue weighted by molar-refractivity contribution is 7.27. The third-order valence-electron chi connectivity index (χ3n) is 4.75. The summed E-state index contributed by atoms with van der Waals surface area (Å²) in [5.74, 6) is 1.55. The lowest BCUT2D eigenvalue weighted by Crippen LogP contribution is -2.41. The third-order valence-corrected chi connectivity index (χ3v) is 6.95. The van der Waals surface area contributed by atoms with Gasteiger partial charge in [-0.3, -0.25) is 4.79 Å². The van der Waals surface area contributed by atoms with Crippen LogP contribution in [0.3, 0.4) is 0 Å². The molecule has 0 saturated heterocycles. The molecule has 27 heavy (non-hydrogen) atoms. The fraction of sp³-hybridized carbons (Fsp3) is 0.222. The molecule has 0 saturated carbocycles. The van der Waals surface area contributed by atoms with Gasteiger partial charge >= 0.3 is 0 Å². The van der Waals surface area contributed by atoms with E-state index in [0.717, 1.165) is 26.2 Å². The van der Waals surface area contributed by atoms with Crippen molar-refractivity contribution in [3.8, 4) is 10.8 Å². The lowest BCUT2D eigenvalue weighted by atomic mass is 10.1. The SMILES string of the molecule is CC1c2nnc(-c3nc4sccc4s3)n2CCN1C(=O)c1ccc(Cl)cc1. The first-order valence-electron chi connectivity index (χ1n) is 8.46. The summed E-state index contributed by atoms with van der Waals surface area (Å²) in [4.78, 5) is 20.4. The third kappa shape index (κ3) is 2.75. The van der Waals surface area contributed by atoms with Gasteiger partial charge in [-0.2, -0.15) is 0 Å². The van der Waals surface area contributed by atoms with Gasteiger partial charge in [-0.15, -0.1) is 32.9 Å². The summed E-state index contributed by atoms with van der Waals surface area (Å²) in [6, 6.07) is 8.89. The van der Waals surface area contributed by atoms with Gasteiger partial charge in [0.15, 0.2) is 16.7 Å². The second-order valence-corrected chi connectivity index (χ2v) is 8.69. The fourth-order valence-corrected chi connectivity index (χ4v) is 5.40. The highest BCUT2D eigenvalue weighted by Crippen LogP contribution is 2.35. The van der Waals surface area contributed by atoms with Gasteiger partial charge in [-0.1, -0.05) is 11.6 Å². The van der Waals surface area contributed by atoms with E-state index in [2.05, 4.69) is 25.8 Å². The maximum Gasteiger partial charge on any atom is 0.254 e. The van der Waals surface area contributed by atoms with Crippen LogP contribution < -0.4 is 0 Å². The van der Waals surface area contributed by atoms with E-state index < -0.39 is 0 Å². The highest BCUT2D eigenvalue weighted by atomic mass is 35.5. The van der Waals surface area contributed by atoms with E-state index in [9.17, 15) is 4.79 Å². The standard InChI is InChI=1S/C18H14ClN5OS2/c1-10-14-21-22-15(17-20-16-13(27-17)6-9-26-16)24(14)8-7-23(10)18(25)11-2-4-12(19)5-3-11/h2-6,9-10H,7-8H2,1H3. The van der Waals surface area contributed by atoms with E-state index in [1.165, 1.54) is 0 Å². The van der Waals surface area contributed by atoms with Crippen molar-refractivity contribution in [3.05, 3.63) is 52.1 Å². The highest BCUT2D eigenvalue weighted by Gasteiger charge is 2.32. The molecular formula is C18H14ClN5OS2. The Balaban J connectivity index is 1.47. The summed E-state index contributed by atoms with van der Waals surface area (Å²) >= 11 is 9.18. The van der Waals surface area contributed by atoms with Crippen molar-refractivity contribution in [1.29, 1.82) is 0 Å². The van der Waals surface area contributed by atoms with Crippen molar-refractivity contribution in [2.45, 2.75) is 19.5 Å². The molecule has 3 aromatic heterocycles. The predicted octanol–water partition coefficient (Wildman–Crippen LogP) is 4.49. The minimum absolute atomic E-state index is 0.0234. The molecule has 1 aromatic carbocycles. The van der Waals surface area contributed by atoms with Crippen LogP contribution in [0.2, 0.25) is 5.02 Å². The lowest BCUT2D eigenvalue weighted by molar-refractivity contribution is 0.0638. The number of thiazole rings is 1. The predicted molar refractivity (Wildman–Crippen MR) is 107 cm³/mol. The molecule has 1 aliphatic rings. The van der Waals surface area contributed by atoms with Crippen LogP contribution in [-0.4, -0.2) is 37.1 Å². The van der Waals surface area contributed by atoms with E-state index >= 15 is 0 Å². The maximum absolute atomic E-state index is 12.9. The summed E-state index contributed by atoms with van der Waals surface area (Å²) in [5, 5.41) is 12.3. The number of benzene rings is 1. The Morgan fingerprint density at radius 1 is 1.19 bits per heavy atom. The minimum atomic E-state index is -0.163. The molecule has 0 bridgehead atoms. The van der Waals surface area contributed by atoms with Crippen molar-refractivity contribution >= 4 is 49.7 Å². The molecule has 0 N–H and O–H groups in total. The van der Waals surface area contributed by atoms with Gasteiger partial charge in [0.25, 0.3) is 5.91 Å². The van der Waals surface area contributed by atoms with Gasteiger partial charge in [0.1, 0.15) is 4.83 Å². The maximum atomic E-state index is 12.9. The Morgan fingerprint density at radius 3 is 2.78 bits per heavy atom. The van der Waals surface area contributed by atoms with Crippen LogP contribution >= 0.6 is 34.3 Å². The zero-order valence-electron chi connectivity index (χ0n) is 14.3. The van der Waals surface area contributed by atoms with E-state index in [1.54, 1.807) is 46.9 Å². The molecule has 5 rings (SSSR count). The number of thiophene rings is 1. The Labute approximate surface area is 168 Å². The summed E-state index contributed by atoms with van der Waals surface area (Å²) in [7, 11) is 0. The molecule has 1 atom stereocenters. The molecular weight excluding hydrogens is 402 g/mol. The monoisotopic (exact) mass is 415 g/mol. The second kappa shape index (κ2) is 6.40. The lowest BCUT2D eigenvalue weighted by Gasteiger charge is -2.33. The number of amides is 1. The number of hydrogen-bond acceptors (Lipinski definition) is 6. The molecule has 9 heteroatoms. The average molecular weight is 416 g/mol. The molecule has 1 amide bonds. The number of hydrogen-bond donors (Lipinski definition) is 0. The van der Waals surface area contributed by atoms with E-state index in [1.807, 2.05) is 17.2 Å². The minimum Gasteiger partial charge on any atom is -0.327 e. The second-order valence-electron chi connectivity index (χ2n) is 6.32. The average Bonchev–Trinajstić information content (AvgIpc) is 3.36. The first-order valence-corrected chi connectivity index (χ1v) is 10.5. The van der Waals surface area contributed by atoms with Crippen LogP contribution in [0.5, 0.6) is 0 Å². The van der Waals surface area contributed by atoms with Crippen LogP contribution in [0.4, 0.5) is 0 Å². The Kier molecular flexibility index (Phi) is 3.99. The molecule has 4 aromatic rings. The quantitative estimate of drug-likeness (QED) is 0.484. The Hall–Kier alpha value is -2.29. The van der Waals surface area contributed by atoms with Crippen LogP contribution in [0.25, 0.3) is 20.4 Å². The molecule has 0 radical (unpaired) electrons.